The molecule has 3 aromatic rings. The Morgan fingerprint density at radius 1 is 1.31 bits per heavy atom. The summed E-state index contributed by atoms with van der Waals surface area (Å²) in [6.45, 7) is 0. The molecule has 0 aliphatic carbocycles. The molecule has 0 saturated heterocycles. The summed E-state index contributed by atoms with van der Waals surface area (Å²) in [6.07, 6.45) is 4.72. The number of nitrogens with zero attached hydrogens (tertiary/aromatic N) is 3. The van der Waals surface area contributed by atoms with Gasteiger partial charge in [-0.25, -0.2) is 9.97 Å². The second kappa shape index (κ2) is 3.21. The van der Waals surface area contributed by atoms with E-state index < -0.39 is 0 Å². The number of aromatic nitrogens is 5. The molecule has 0 amide bonds. The molecule has 0 bridgehead atoms. The van der Waals surface area contributed by atoms with E-state index in [4.69, 9.17) is 17.3 Å². The molecule has 16 heavy (non-hydrogen) atoms. The number of nitrogens with two attached hydrogens (primary N) is 1. The fourth-order valence-corrected chi connectivity index (χ4v) is 1.87. The molecule has 3 aromatic heterocycles. The van der Waals surface area contributed by atoms with Crippen LogP contribution in [0.15, 0.2) is 18.7 Å². The Balaban J connectivity index is 2.37. The molecule has 0 aromatic carbocycles. The summed E-state index contributed by atoms with van der Waals surface area (Å²) in [7, 11) is 0. The average Bonchev–Trinajstić information content (AvgIpc) is 2.84. The Hall–Kier alpha value is -2.08. The van der Waals surface area contributed by atoms with Gasteiger partial charge in [0, 0.05) is 11.8 Å². The number of halogens is 1. The molecule has 0 spiro atoms. The van der Waals surface area contributed by atoms with E-state index in [0.29, 0.717) is 22.2 Å². The summed E-state index contributed by atoms with van der Waals surface area (Å²) in [5.74, 6) is 0. The highest BCUT2D eigenvalue weighted by molar-refractivity contribution is 6.35. The third-order valence-electron chi connectivity index (χ3n) is 2.36. The van der Waals surface area contributed by atoms with Gasteiger partial charge >= 0.3 is 0 Å². The van der Waals surface area contributed by atoms with E-state index >= 15 is 0 Å². The van der Waals surface area contributed by atoms with Gasteiger partial charge in [-0.05, 0) is 0 Å². The maximum absolute atomic E-state index is 6.03. The zero-order valence-corrected chi connectivity index (χ0v) is 8.78. The van der Waals surface area contributed by atoms with Crippen LogP contribution in [0, 0.1) is 0 Å². The highest BCUT2D eigenvalue weighted by Gasteiger charge is 2.14. The smallest absolute Gasteiger partial charge is 0.142 e. The lowest BCUT2D eigenvalue weighted by Gasteiger charge is -1.97. The van der Waals surface area contributed by atoms with Gasteiger partial charge in [0.1, 0.15) is 17.1 Å². The first-order valence-corrected chi connectivity index (χ1v) is 4.92. The van der Waals surface area contributed by atoms with Crippen LogP contribution in [0.3, 0.4) is 0 Å². The third-order valence-corrected chi connectivity index (χ3v) is 2.65. The molecular formula is C9H7ClN6. The molecule has 0 fully saturated rings. The summed E-state index contributed by atoms with van der Waals surface area (Å²) >= 11 is 6.03. The van der Waals surface area contributed by atoms with Gasteiger partial charge in [0.05, 0.1) is 23.0 Å². The van der Waals surface area contributed by atoms with Crippen LogP contribution in [-0.2, 0) is 0 Å². The van der Waals surface area contributed by atoms with Crippen LogP contribution in [-0.4, -0.2) is 25.1 Å². The highest BCUT2D eigenvalue weighted by Crippen LogP contribution is 2.32. The predicted octanol–water partition coefficient (Wildman–Crippen LogP) is 1.58. The summed E-state index contributed by atoms with van der Waals surface area (Å²) < 4.78 is 0. The van der Waals surface area contributed by atoms with Crippen molar-refractivity contribution in [1.29, 1.82) is 0 Å². The minimum atomic E-state index is 0.384. The fraction of sp³-hybridized carbons (Fsp3) is 0. The van der Waals surface area contributed by atoms with Gasteiger partial charge < -0.3 is 10.7 Å². The number of H-pyrrole nitrogens is 2. The van der Waals surface area contributed by atoms with Crippen molar-refractivity contribution >= 4 is 28.3 Å². The molecule has 0 aliphatic rings. The second-order valence-corrected chi connectivity index (χ2v) is 3.65. The summed E-state index contributed by atoms with van der Waals surface area (Å²) in [5, 5.41) is 7.81. The molecule has 6 nitrogen and oxygen atoms in total. The lowest BCUT2D eigenvalue weighted by atomic mass is 10.1. The molecule has 3 rings (SSSR count). The fourth-order valence-electron chi connectivity index (χ4n) is 1.63. The van der Waals surface area contributed by atoms with Crippen LogP contribution >= 0.6 is 11.6 Å². The average molecular weight is 235 g/mol. The van der Waals surface area contributed by atoms with Crippen molar-refractivity contribution in [2.24, 2.45) is 0 Å². The number of nitrogen functional groups attached to an aromatic ring is 1. The molecule has 0 aliphatic heterocycles. The largest absolute Gasteiger partial charge is 0.396 e. The Morgan fingerprint density at radius 3 is 2.94 bits per heavy atom. The Kier molecular flexibility index (Phi) is 1.84. The SMILES string of the molecule is Nc1cn[nH]c1-c1c[nH]c2ncnc(Cl)c12. The predicted molar refractivity (Wildman–Crippen MR) is 60.9 cm³/mol. The molecule has 0 atom stereocenters. The van der Waals surface area contributed by atoms with Crippen LogP contribution in [0.4, 0.5) is 5.69 Å². The van der Waals surface area contributed by atoms with E-state index in [1.54, 1.807) is 12.4 Å². The van der Waals surface area contributed by atoms with Gasteiger partial charge in [0.25, 0.3) is 0 Å². The van der Waals surface area contributed by atoms with Gasteiger partial charge in [0.2, 0.25) is 0 Å². The van der Waals surface area contributed by atoms with Crippen molar-refractivity contribution in [1.82, 2.24) is 25.1 Å². The van der Waals surface area contributed by atoms with E-state index in [0.717, 1.165) is 10.9 Å². The Bertz CT molecular complexity index is 655. The van der Waals surface area contributed by atoms with Crippen LogP contribution in [0.1, 0.15) is 0 Å². The zero-order chi connectivity index (χ0) is 11.1. The summed E-state index contributed by atoms with van der Waals surface area (Å²) in [4.78, 5) is 11.0. The number of anilines is 1. The number of rotatable bonds is 1. The van der Waals surface area contributed by atoms with Crippen molar-refractivity contribution in [3.8, 4) is 11.3 Å². The van der Waals surface area contributed by atoms with E-state index in [9.17, 15) is 0 Å². The molecule has 0 radical (unpaired) electrons. The Labute approximate surface area is 94.9 Å². The number of hydrogen-bond acceptors (Lipinski definition) is 4. The van der Waals surface area contributed by atoms with Gasteiger partial charge in [-0.1, -0.05) is 11.6 Å². The van der Waals surface area contributed by atoms with Gasteiger partial charge in [-0.2, -0.15) is 5.10 Å². The lowest BCUT2D eigenvalue weighted by molar-refractivity contribution is 1.10. The molecule has 3 heterocycles. The van der Waals surface area contributed by atoms with Gasteiger partial charge in [0.15, 0.2) is 0 Å². The maximum atomic E-state index is 6.03. The first kappa shape index (κ1) is 9.17. The first-order chi connectivity index (χ1) is 7.77. The van der Waals surface area contributed by atoms with E-state index in [-0.39, 0.29) is 0 Å². The molecule has 7 heteroatoms. The molecule has 0 unspecified atom stereocenters. The number of aromatic amines is 2. The molecular weight excluding hydrogens is 228 g/mol. The van der Waals surface area contributed by atoms with Crippen molar-refractivity contribution in [2.75, 3.05) is 5.73 Å². The summed E-state index contributed by atoms with van der Waals surface area (Å²) in [5.41, 5.74) is 8.53. The van der Waals surface area contributed by atoms with Crippen LogP contribution < -0.4 is 5.73 Å². The van der Waals surface area contributed by atoms with Crippen LogP contribution in [0.5, 0.6) is 0 Å². The first-order valence-electron chi connectivity index (χ1n) is 4.54. The van der Waals surface area contributed by atoms with E-state index in [2.05, 4.69) is 25.1 Å². The zero-order valence-electron chi connectivity index (χ0n) is 8.03. The quantitative estimate of drug-likeness (QED) is 0.557. The standard InChI is InChI=1S/C9H7ClN6/c10-8-6-4(7-5(11)2-15-16-7)1-12-9(6)14-3-13-8/h1-3H,11H2,(H,15,16)(H,12,13,14). The highest BCUT2D eigenvalue weighted by atomic mass is 35.5. The minimum Gasteiger partial charge on any atom is -0.396 e. The van der Waals surface area contributed by atoms with E-state index in [1.165, 1.54) is 6.33 Å². The molecule has 80 valence electrons. The summed E-state index contributed by atoms with van der Waals surface area (Å²) in [6, 6.07) is 0. The van der Waals surface area contributed by atoms with Gasteiger partial charge in [-0.3, -0.25) is 5.10 Å². The molecule has 0 saturated carbocycles. The van der Waals surface area contributed by atoms with Crippen molar-refractivity contribution in [3.05, 3.63) is 23.9 Å². The number of fused-ring (bicyclic) bond motifs is 1. The number of nitrogens with one attached hydrogen (secondary N) is 2. The second-order valence-electron chi connectivity index (χ2n) is 3.29. The van der Waals surface area contributed by atoms with Crippen molar-refractivity contribution in [3.63, 3.8) is 0 Å². The maximum Gasteiger partial charge on any atom is 0.142 e. The van der Waals surface area contributed by atoms with Crippen LogP contribution in [0.25, 0.3) is 22.3 Å². The minimum absolute atomic E-state index is 0.384. The number of hydrogen-bond donors (Lipinski definition) is 3. The third kappa shape index (κ3) is 1.17. The normalized spacial score (nSPS) is 11.1. The van der Waals surface area contributed by atoms with Crippen molar-refractivity contribution < 1.29 is 0 Å². The topological polar surface area (TPSA) is 96.3 Å². The molecule has 4 N–H and O–H groups in total. The Morgan fingerprint density at radius 2 is 2.19 bits per heavy atom. The van der Waals surface area contributed by atoms with E-state index in [1.807, 2.05) is 0 Å². The van der Waals surface area contributed by atoms with Crippen LogP contribution in [0.2, 0.25) is 5.15 Å². The van der Waals surface area contributed by atoms with Gasteiger partial charge in [-0.15, -0.1) is 0 Å². The van der Waals surface area contributed by atoms with Crippen molar-refractivity contribution in [2.45, 2.75) is 0 Å². The monoisotopic (exact) mass is 234 g/mol. The lowest BCUT2D eigenvalue weighted by Crippen LogP contribution is -1.87.